The smallest absolute Gasteiger partial charge is 0.242 e. The molecule has 2 atom stereocenters. The molecule has 1 aromatic rings. The van der Waals surface area contributed by atoms with Crippen LogP contribution in [0.5, 0.6) is 0 Å². The summed E-state index contributed by atoms with van der Waals surface area (Å²) in [4.78, 5) is 4.11. The number of hydrogen-bond acceptors (Lipinski definition) is 5. The van der Waals surface area contributed by atoms with E-state index in [0.29, 0.717) is 5.82 Å². The van der Waals surface area contributed by atoms with Crippen molar-refractivity contribution in [1.82, 2.24) is 9.71 Å². The molecular formula is C11H19N3O3S2. The summed E-state index contributed by atoms with van der Waals surface area (Å²) in [6.45, 7) is 4.33. The molecular weight excluding hydrogens is 286 g/mol. The van der Waals surface area contributed by atoms with Crippen LogP contribution in [0, 0.1) is 0 Å². The van der Waals surface area contributed by atoms with E-state index in [1.54, 1.807) is 13.0 Å². The average molecular weight is 305 g/mol. The minimum Gasteiger partial charge on any atom is -0.370 e. The highest BCUT2D eigenvalue weighted by Crippen LogP contribution is 2.11. The zero-order chi connectivity index (χ0) is 14.5. The van der Waals surface area contributed by atoms with Crippen molar-refractivity contribution in [1.29, 1.82) is 0 Å². The van der Waals surface area contributed by atoms with E-state index >= 15 is 0 Å². The molecule has 0 fully saturated rings. The number of nitrogens with one attached hydrogen (secondary N) is 2. The van der Waals surface area contributed by atoms with E-state index in [0.717, 1.165) is 6.54 Å². The summed E-state index contributed by atoms with van der Waals surface area (Å²) in [6, 6.07) is 2.72. The summed E-state index contributed by atoms with van der Waals surface area (Å²) in [5.74, 6) is 0.909. The molecule has 0 aliphatic rings. The summed E-state index contributed by atoms with van der Waals surface area (Å²) >= 11 is 0. The van der Waals surface area contributed by atoms with Crippen LogP contribution in [0.4, 0.5) is 5.82 Å². The molecule has 19 heavy (non-hydrogen) atoms. The van der Waals surface area contributed by atoms with Crippen molar-refractivity contribution in [3.05, 3.63) is 18.3 Å². The van der Waals surface area contributed by atoms with Gasteiger partial charge in [0.05, 0.1) is 0 Å². The summed E-state index contributed by atoms with van der Waals surface area (Å²) in [5, 5.41) is 2.99. The maximum atomic E-state index is 12.0. The van der Waals surface area contributed by atoms with Crippen LogP contribution in [0.3, 0.4) is 0 Å². The first-order valence-electron chi connectivity index (χ1n) is 5.87. The number of pyridine rings is 1. The summed E-state index contributed by atoms with van der Waals surface area (Å²) in [6.07, 6.45) is 2.84. The largest absolute Gasteiger partial charge is 0.370 e. The lowest BCUT2D eigenvalue weighted by molar-refractivity contribution is 0.569. The summed E-state index contributed by atoms with van der Waals surface area (Å²) in [7, 11) is -4.66. The zero-order valence-corrected chi connectivity index (χ0v) is 12.8. The maximum absolute atomic E-state index is 12.0. The Morgan fingerprint density at radius 3 is 2.58 bits per heavy atom. The molecule has 0 aliphatic carbocycles. The predicted octanol–water partition coefficient (Wildman–Crippen LogP) is 0.559. The molecule has 8 heteroatoms. The van der Waals surface area contributed by atoms with E-state index in [1.165, 1.54) is 18.5 Å². The first-order valence-corrected chi connectivity index (χ1v) is 9.08. The van der Waals surface area contributed by atoms with Crippen molar-refractivity contribution in [3.63, 3.8) is 0 Å². The minimum absolute atomic E-state index is 0.0999. The Morgan fingerprint density at radius 1 is 1.42 bits per heavy atom. The minimum atomic E-state index is -3.61. The molecule has 1 heterocycles. The molecule has 0 aliphatic heterocycles. The van der Waals surface area contributed by atoms with Crippen molar-refractivity contribution in [2.45, 2.75) is 24.8 Å². The monoisotopic (exact) mass is 305 g/mol. The Balaban J connectivity index is 2.79. The van der Waals surface area contributed by atoms with Crippen molar-refractivity contribution < 1.29 is 12.6 Å². The van der Waals surface area contributed by atoms with E-state index in [-0.39, 0.29) is 16.7 Å². The molecule has 0 spiro atoms. The van der Waals surface area contributed by atoms with Gasteiger partial charge in [0.25, 0.3) is 0 Å². The van der Waals surface area contributed by atoms with Crippen LogP contribution >= 0.6 is 0 Å². The van der Waals surface area contributed by atoms with Gasteiger partial charge in [-0.2, -0.15) is 0 Å². The van der Waals surface area contributed by atoms with Gasteiger partial charge in [-0.15, -0.1) is 0 Å². The standard InChI is InChI=1S/C11H19N3O3S2/c1-4-12-11-6-5-10(7-13-11)19(16,17)14-9(2)8-18(3)15/h5-7,9,14H,4,8H2,1-3H3,(H,12,13). The molecule has 2 N–H and O–H groups in total. The summed E-state index contributed by atoms with van der Waals surface area (Å²) in [5.41, 5.74) is 0. The van der Waals surface area contributed by atoms with Gasteiger partial charge >= 0.3 is 0 Å². The van der Waals surface area contributed by atoms with Crippen LogP contribution in [-0.2, 0) is 20.8 Å². The second-order valence-corrected chi connectivity index (χ2v) is 7.37. The molecule has 6 nitrogen and oxygen atoms in total. The number of sulfonamides is 1. The number of aromatic nitrogens is 1. The topological polar surface area (TPSA) is 88.2 Å². The van der Waals surface area contributed by atoms with E-state index < -0.39 is 20.8 Å². The van der Waals surface area contributed by atoms with Crippen LogP contribution < -0.4 is 10.0 Å². The Labute approximate surface area is 116 Å². The fourth-order valence-corrected chi connectivity index (χ4v) is 3.62. The highest BCUT2D eigenvalue weighted by Gasteiger charge is 2.18. The van der Waals surface area contributed by atoms with E-state index in [2.05, 4.69) is 15.0 Å². The SMILES string of the molecule is CCNc1ccc(S(=O)(=O)NC(C)CS(C)=O)cn1. The third-order valence-electron chi connectivity index (χ3n) is 2.25. The number of anilines is 1. The number of rotatable bonds is 7. The molecule has 108 valence electrons. The fourth-order valence-electron chi connectivity index (χ4n) is 1.54. The lowest BCUT2D eigenvalue weighted by Gasteiger charge is -2.13. The molecule has 0 radical (unpaired) electrons. The molecule has 0 amide bonds. The first kappa shape index (κ1) is 16.1. The van der Waals surface area contributed by atoms with Gasteiger partial charge < -0.3 is 5.32 Å². The van der Waals surface area contributed by atoms with Gasteiger partial charge in [0.2, 0.25) is 10.0 Å². The lowest BCUT2D eigenvalue weighted by atomic mass is 10.4. The van der Waals surface area contributed by atoms with Gasteiger partial charge in [-0.1, -0.05) is 0 Å². The quantitative estimate of drug-likeness (QED) is 0.768. The Hall–Kier alpha value is -0.990. The normalized spacial score (nSPS) is 14.9. The second-order valence-electron chi connectivity index (χ2n) is 4.17. The van der Waals surface area contributed by atoms with E-state index in [9.17, 15) is 12.6 Å². The number of nitrogens with zero attached hydrogens (tertiary/aromatic N) is 1. The van der Waals surface area contributed by atoms with Gasteiger partial charge in [0.1, 0.15) is 10.7 Å². The Morgan fingerprint density at radius 2 is 2.11 bits per heavy atom. The van der Waals surface area contributed by atoms with Crippen molar-refractivity contribution in [2.24, 2.45) is 0 Å². The van der Waals surface area contributed by atoms with Gasteiger partial charge in [0, 0.05) is 41.6 Å². The zero-order valence-electron chi connectivity index (χ0n) is 11.2. The maximum Gasteiger partial charge on any atom is 0.242 e. The van der Waals surface area contributed by atoms with Crippen LogP contribution in [-0.4, -0.2) is 42.2 Å². The van der Waals surface area contributed by atoms with Crippen LogP contribution in [0.2, 0.25) is 0 Å². The lowest BCUT2D eigenvalue weighted by Crippen LogP contribution is -2.36. The molecule has 0 saturated heterocycles. The molecule has 1 rings (SSSR count). The predicted molar refractivity (Wildman–Crippen MR) is 77.1 cm³/mol. The van der Waals surface area contributed by atoms with E-state index in [1.807, 2.05) is 6.92 Å². The molecule has 0 aromatic carbocycles. The van der Waals surface area contributed by atoms with Crippen molar-refractivity contribution >= 4 is 26.6 Å². The number of hydrogen-bond donors (Lipinski definition) is 2. The van der Waals surface area contributed by atoms with Gasteiger partial charge in [-0.3, -0.25) is 4.21 Å². The van der Waals surface area contributed by atoms with Crippen LogP contribution in [0.25, 0.3) is 0 Å². The third kappa shape index (κ3) is 5.25. The van der Waals surface area contributed by atoms with Gasteiger partial charge in [-0.25, -0.2) is 18.1 Å². The third-order valence-corrected chi connectivity index (χ3v) is 4.79. The molecule has 1 aromatic heterocycles. The Kier molecular flexibility index (Phi) is 5.89. The van der Waals surface area contributed by atoms with Gasteiger partial charge in [-0.05, 0) is 26.0 Å². The highest BCUT2D eigenvalue weighted by molar-refractivity contribution is 7.89. The highest BCUT2D eigenvalue weighted by atomic mass is 32.2. The Bertz CT molecular complexity index is 529. The van der Waals surface area contributed by atoms with Crippen molar-refractivity contribution in [3.8, 4) is 0 Å². The van der Waals surface area contributed by atoms with Crippen LogP contribution in [0.1, 0.15) is 13.8 Å². The molecule has 0 saturated carbocycles. The van der Waals surface area contributed by atoms with Gasteiger partial charge in [0.15, 0.2) is 0 Å². The molecule has 2 unspecified atom stereocenters. The van der Waals surface area contributed by atoms with Crippen molar-refractivity contribution in [2.75, 3.05) is 23.9 Å². The summed E-state index contributed by atoms with van der Waals surface area (Å²) < 4.78 is 37.6. The fraction of sp³-hybridized carbons (Fsp3) is 0.545. The average Bonchev–Trinajstić information content (AvgIpc) is 2.28. The van der Waals surface area contributed by atoms with Crippen LogP contribution in [0.15, 0.2) is 23.2 Å². The molecule has 0 bridgehead atoms. The second kappa shape index (κ2) is 6.97. The van der Waals surface area contributed by atoms with E-state index in [4.69, 9.17) is 0 Å². The first-order chi connectivity index (χ1) is 8.85.